The van der Waals surface area contributed by atoms with Crippen molar-refractivity contribution in [2.24, 2.45) is 0 Å². The summed E-state index contributed by atoms with van der Waals surface area (Å²) in [5, 5.41) is 10.1. The molecular formula is C32H49N3O2. The number of fused-ring (bicyclic) bond motifs is 1. The van der Waals surface area contributed by atoms with Crippen molar-refractivity contribution < 1.29 is 9.90 Å². The number of carbonyl (C=O) groups is 1. The minimum Gasteiger partial charge on any atom is -0.396 e. The SMILES string of the molecule is CCCCCCCCCCCCCCCCCC(=O)c1c[nH]c(CCO)n1.c1ccc2ncccc2c1. The zero-order valence-corrected chi connectivity index (χ0v) is 23.1. The normalized spacial score (nSPS) is 10.9. The van der Waals surface area contributed by atoms with Crippen LogP contribution in [0.3, 0.4) is 0 Å². The second kappa shape index (κ2) is 20.5. The Bertz CT molecular complexity index is 904. The van der Waals surface area contributed by atoms with Crippen LogP contribution in [0.25, 0.3) is 10.9 Å². The number of aromatic nitrogens is 3. The molecule has 3 rings (SSSR count). The van der Waals surface area contributed by atoms with Gasteiger partial charge in [0.15, 0.2) is 5.78 Å². The number of benzene rings is 1. The van der Waals surface area contributed by atoms with E-state index in [-0.39, 0.29) is 12.4 Å². The Hall–Kier alpha value is -2.53. The average molecular weight is 508 g/mol. The molecule has 0 unspecified atom stereocenters. The Kier molecular flexibility index (Phi) is 17.0. The van der Waals surface area contributed by atoms with Crippen LogP contribution in [0.1, 0.15) is 126 Å². The fourth-order valence-corrected chi connectivity index (χ4v) is 4.54. The van der Waals surface area contributed by atoms with Crippen molar-refractivity contribution in [1.29, 1.82) is 0 Å². The van der Waals surface area contributed by atoms with Crippen molar-refractivity contribution in [2.75, 3.05) is 6.61 Å². The molecule has 0 amide bonds. The van der Waals surface area contributed by atoms with Crippen LogP contribution >= 0.6 is 0 Å². The summed E-state index contributed by atoms with van der Waals surface area (Å²) in [6, 6.07) is 12.1. The Morgan fingerprint density at radius 1 is 0.784 bits per heavy atom. The minimum atomic E-state index is 0.0557. The van der Waals surface area contributed by atoms with Gasteiger partial charge in [0.05, 0.1) is 12.1 Å². The predicted molar refractivity (Wildman–Crippen MR) is 155 cm³/mol. The zero-order valence-electron chi connectivity index (χ0n) is 23.1. The summed E-state index contributed by atoms with van der Waals surface area (Å²) in [6.07, 6.45) is 24.6. The number of hydrogen-bond acceptors (Lipinski definition) is 4. The number of nitrogens with zero attached hydrogens (tertiary/aromatic N) is 2. The van der Waals surface area contributed by atoms with Crippen LogP contribution in [0.15, 0.2) is 48.8 Å². The third kappa shape index (κ3) is 14.1. The van der Waals surface area contributed by atoms with Crippen molar-refractivity contribution >= 4 is 16.7 Å². The lowest BCUT2D eigenvalue weighted by Gasteiger charge is -2.03. The number of carbonyl (C=O) groups excluding carboxylic acids is 1. The van der Waals surface area contributed by atoms with Gasteiger partial charge in [-0.05, 0) is 18.6 Å². The highest BCUT2D eigenvalue weighted by molar-refractivity contribution is 5.94. The molecule has 204 valence electrons. The number of aliphatic hydroxyl groups excluding tert-OH is 1. The van der Waals surface area contributed by atoms with Gasteiger partial charge in [-0.3, -0.25) is 9.78 Å². The summed E-state index contributed by atoms with van der Waals surface area (Å²) in [6.45, 7) is 2.33. The van der Waals surface area contributed by atoms with Crippen LogP contribution in [0.2, 0.25) is 0 Å². The maximum Gasteiger partial charge on any atom is 0.182 e. The van der Waals surface area contributed by atoms with Crippen LogP contribution < -0.4 is 0 Å². The highest BCUT2D eigenvalue weighted by Gasteiger charge is 2.09. The molecule has 0 aliphatic heterocycles. The van der Waals surface area contributed by atoms with Gasteiger partial charge in [-0.25, -0.2) is 4.98 Å². The van der Waals surface area contributed by atoms with E-state index < -0.39 is 0 Å². The fourth-order valence-electron chi connectivity index (χ4n) is 4.54. The lowest BCUT2D eigenvalue weighted by molar-refractivity contribution is 0.0974. The second-order valence-corrected chi connectivity index (χ2v) is 10.0. The number of nitrogens with one attached hydrogen (secondary N) is 1. The van der Waals surface area contributed by atoms with Crippen LogP contribution in [0.4, 0.5) is 0 Å². The summed E-state index contributed by atoms with van der Waals surface area (Å²) in [7, 11) is 0. The molecule has 5 nitrogen and oxygen atoms in total. The van der Waals surface area contributed by atoms with Gasteiger partial charge in [0.2, 0.25) is 0 Å². The van der Waals surface area contributed by atoms with E-state index in [2.05, 4.69) is 34.0 Å². The van der Waals surface area contributed by atoms with E-state index >= 15 is 0 Å². The Morgan fingerprint density at radius 3 is 1.95 bits per heavy atom. The number of pyridine rings is 1. The molecule has 0 aliphatic carbocycles. The first kappa shape index (κ1) is 30.7. The average Bonchev–Trinajstić information content (AvgIpc) is 3.40. The van der Waals surface area contributed by atoms with Crippen molar-refractivity contribution in [2.45, 2.75) is 116 Å². The Morgan fingerprint density at radius 2 is 1.35 bits per heavy atom. The molecule has 0 radical (unpaired) electrons. The number of hydrogen-bond donors (Lipinski definition) is 2. The molecule has 37 heavy (non-hydrogen) atoms. The van der Waals surface area contributed by atoms with E-state index in [9.17, 15) is 4.79 Å². The number of unbranched alkanes of at least 4 members (excludes halogenated alkanes) is 14. The van der Waals surface area contributed by atoms with E-state index in [1.165, 1.54) is 88.9 Å². The Balaban J connectivity index is 0.000000394. The monoisotopic (exact) mass is 507 g/mol. The van der Waals surface area contributed by atoms with E-state index in [0.29, 0.717) is 24.4 Å². The van der Waals surface area contributed by atoms with Gasteiger partial charge in [0.1, 0.15) is 11.5 Å². The van der Waals surface area contributed by atoms with E-state index in [0.717, 1.165) is 18.4 Å². The van der Waals surface area contributed by atoms with Crippen molar-refractivity contribution in [3.05, 3.63) is 60.3 Å². The van der Waals surface area contributed by atoms with Crippen molar-refractivity contribution in [3.8, 4) is 0 Å². The number of H-pyrrole nitrogens is 1. The van der Waals surface area contributed by atoms with Gasteiger partial charge < -0.3 is 10.1 Å². The highest BCUT2D eigenvalue weighted by atomic mass is 16.3. The number of imidazole rings is 1. The van der Waals surface area contributed by atoms with Crippen molar-refractivity contribution in [3.63, 3.8) is 0 Å². The Labute approximate surface area is 224 Å². The summed E-state index contributed by atoms with van der Waals surface area (Å²) in [5.41, 5.74) is 1.58. The molecule has 2 N–H and O–H groups in total. The first-order valence-corrected chi connectivity index (χ1v) is 14.7. The van der Waals surface area contributed by atoms with Crippen LogP contribution in [-0.2, 0) is 6.42 Å². The quantitative estimate of drug-likeness (QED) is 0.126. The topological polar surface area (TPSA) is 78.9 Å². The predicted octanol–water partition coefficient (Wildman–Crippen LogP) is 8.62. The molecule has 0 aliphatic rings. The standard InChI is InChI=1S/C23H42N2O2.C9H7N/c1-2-3-4-5-6-7-8-9-10-11-12-13-14-15-16-17-22(27)21-20-24-23(25-21)18-19-26;1-2-6-9-8(4-1)5-3-7-10-9/h20,26H,2-19H2,1H3,(H,24,25);1-7H. The third-order valence-electron chi connectivity index (χ3n) is 6.78. The van der Waals surface area contributed by atoms with E-state index in [1.54, 1.807) is 6.20 Å². The van der Waals surface area contributed by atoms with Gasteiger partial charge in [-0.2, -0.15) is 0 Å². The molecule has 0 saturated carbocycles. The maximum atomic E-state index is 12.1. The number of rotatable bonds is 19. The van der Waals surface area contributed by atoms with Crippen molar-refractivity contribution in [1.82, 2.24) is 15.0 Å². The molecule has 2 aromatic heterocycles. The minimum absolute atomic E-state index is 0.0557. The number of aromatic amines is 1. The molecule has 0 saturated heterocycles. The number of aliphatic hydroxyl groups is 1. The lowest BCUT2D eigenvalue weighted by Crippen LogP contribution is -2.00. The molecule has 2 heterocycles. The second-order valence-electron chi connectivity index (χ2n) is 10.0. The number of ketones is 1. The third-order valence-corrected chi connectivity index (χ3v) is 6.78. The maximum absolute atomic E-state index is 12.1. The highest BCUT2D eigenvalue weighted by Crippen LogP contribution is 2.14. The summed E-state index contributed by atoms with van der Waals surface area (Å²) >= 11 is 0. The van der Waals surface area contributed by atoms with Gasteiger partial charge in [-0.1, -0.05) is 121 Å². The summed E-state index contributed by atoms with van der Waals surface area (Å²) in [5.74, 6) is 0.808. The van der Waals surface area contributed by atoms with Crippen LogP contribution in [0.5, 0.6) is 0 Å². The van der Waals surface area contributed by atoms with E-state index in [1.807, 2.05) is 30.5 Å². The first-order chi connectivity index (χ1) is 18.2. The lowest BCUT2D eigenvalue weighted by atomic mass is 10.0. The molecular weight excluding hydrogens is 458 g/mol. The molecule has 0 fully saturated rings. The van der Waals surface area contributed by atoms with Gasteiger partial charge >= 0.3 is 0 Å². The van der Waals surface area contributed by atoms with Gasteiger partial charge in [0.25, 0.3) is 0 Å². The largest absolute Gasteiger partial charge is 0.396 e. The number of Topliss-reactive ketones (excluding diaryl/α,β-unsaturated/α-hetero) is 1. The van der Waals surface area contributed by atoms with Gasteiger partial charge in [-0.15, -0.1) is 0 Å². The molecule has 0 spiro atoms. The van der Waals surface area contributed by atoms with Crippen LogP contribution in [-0.4, -0.2) is 32.4 Å². The van der Waals surface area contributed by atoms with E-state index in [4.69, 9.17) is 5.11 Å². The molecule has 0 atom stereocenters. The molecule has 5 heteroatoms. The first-order valence-electron chi connectivity index (χ1n) is 14.7. The van der Waals surface area contributed by atoms with Gasteiger partial charge in [0, 0.05) is 30.6 Å². The van der Waals surface area contributed by atoms with Crippen LogP contribution in [0, 0.1) is 0 Å². The summed E-state index contributed by atoms with van der Waals surface area (Å²) < 4.78 is 0. The molecule has 0 bridgehead atoms. The number of para-hydroxylation sites is 1. The smallest absolute Gasteiger partial charge is 0.182 e. The molecule has 1 aromatic carbocycles. The summed E-state index contributed by atoms with van der Waals surface area (Å²) in [4.78, 5) is 23.4. The zero-order chi connectivity index (χ0) is 26.4. The molecule has 3 aromatic rings. The fraction of sp³-hybridized carbons (Fsp3) is 0.594.